The molecule has 0 saturated heterocycles. The van der Waals surface area contributed by atoms with E-state index in [0.29, 0.717) is 18.0 Å². The number of benzene rings is 1. The molecule has 0 spiro atoms. The van der Waals surface area contributed by atoms with Crippen molar-refractivity contribution < 1.29 is 17.7 Å². The van der Waals surface area contributed by atoms with Crippen molar-refractivity contribution in [1.29, 1.82) is 0 Å². The van der Waals surface area contributed by atoms with E-state index in [1.54, 1.807) is 38.2 Å². The van der Waals surface area contributed by atoms with Crippen molar-refractivity contribution in [2.75, 3.05) is 14.1 Å². The monoisotopic (exact) mass is 349 g/mol. The van der Waals surface area contributed by atoms with Gasteiger partial charge in [0.15, 0.2) is 0 Å². The lowest BCUT2D eigenvalue weighted by atomic mass is 10.2. The molecule has 1 N–H and O–H groups in total. The standard InChI is InChI=1S/C16H19N3O4S/c1-12-10-14(18-23-12)11-19(3)16(20)9-6-13-4-7-15(8-5-13)24(21,22)17-2/h4-10,17H,11H2,1-3H3. The number of hydrogen-bond donors (Lipinski definition) is 1. The lowest BCUT2D eigenvalue weighted by molar-refractivity contribution is -0.125. The first-order valence-electron chi connectivity index (χ1n) is 7.21. The number of nitrogens with zero attached hydrogens (tertiary/aromatic N) is 2. The maximum absolute atomic E-state index is 12.1. The van der Waals surface area contributed by atoms with Crippen LogP contribution in [0.5, 0.6) is 0 Å². The van der Waals surface area contributed by atoms with Crippen LogP contribution < -0.4 is 4.72 Å². The van der Waals surface area contributed by atoms with E-state index in [-0.39, 0.29) is 10.8 Å². The Kier molecular flexibility index (Phi) is 5.53. The zero-order valence-electron chi connectivity index (χ0n) is 13.7. The summed E-state index contributed by atoms with van der Waals surface area (Å²) in [4.78, 5) is 13.8. The summed E-state index contributed by atoms with van der Waals surface area (Å²) in [5.74, 6) is 0.501. The van der Waals surface area contributed by atoms with E-state index in [1.807, 2.05) is 0 Å². The number of likely N-dealkylation sites (N-methyl/N-ethyl adjacent to an activating group) is 1. The minimum atomic E-state index is -3.46. The van der Waals surface area contributed by atoms with E-state index in [0.717, 1.165) is 5.56 Å². The van der Waals surface area contributed by atoms with Crippen LogP contribution in [0.25, 0.3) is 6.08 Å². The molecule has 1 heterocycles. The van der Waals surface area contributed by atoms with Crippen LogP contribution in [0.3, 0.4) is 0 Å². The minimum Gasteiger partial charge on any atom is -0.361 e. The van der Waals surface area contributed by atoms with Crippen molar-refractivity contribution in [3.05, 3.63) is 53.4 Å². The average molecular weight is 349 g/mol. The van der Waals surface area contributed by atoms with Crippen molar-refractivity contribution >= 4 is 22.0 Å². The number of hydrogen-bond acceptors (Lipinski definition) is 5. The van der Waals surface area contributed by atoms with Crippen LogP contribution in [-0.2, 0) is 21.4 Å². The van der Waals surface area contributed by atoms with Gasteiger partial charge in [-0.05, 0) is 37.7 Å². The number of nitrogens with one attached hydrogen (secondary N) is 1. The first kappa shape index (κ1) is 17.9. The molecule has 0 saturated carbocycles. The molecular formula is C16H19N3O4S. The molecule has 1 aromatic heterocycles. The first-order valence-corrected chi connectivity index (χ1v) is 8.69. The van der Waals surface area contributed by atoms with Gasteiger partial charge in [-0.2, -0.15) is 0 Å². The van der Waals surface area contributed by atoms with Crippen LogP contribution in [0.1, 0.15) is 17.0 Å². The van der Waals surface area contributed by atoms with Crippen LogP contribution in [0.15, 0.2) is 45.8 Å². The predicted molar refractivity (Wildman–Crippen MR) is 89.4 cm³/mol. The van der Waals surface area contributed by atoms with Gasteiger partial charge in [-0.1, -0.05) is 17.3 Å². The summed E-state index contributed by atoms with van der Waals surface area (Å²) in [5, 5.41) is 3.84. The smallest absolute Gasteiger partial charge is 0.246 e. The molecule has 0 unspecified atom stereocenters. The van der Waals surface area contributed by atoms with E-state index in [4.69, 9.17) is 4.52 Å². The molecule has 1 amide bonds. The fourth-order valence-electron chi connectivity index (χ4n) is 1.98. The van der Waals surface area contributed by atoms with Gasteiger partial charge in [-0.15, -0.1) is 0 Å². The Morgan fingerprint density at radius 1 is 1.33 bits per heavy atom. The molecular weight excluding hydrogens is 330 g/mol. The van der Waals surface area contributed by atoms with Gasteiger partial charge in [0.25, 0.3) is 0 Å². The first-order chi connectivity index (χ1) is 11.3. The van der Waals surface area contributed by atoms with Crippen LogP contribution in [0.2, 0.25) is 0 Å². The molecule has 2 aromatic rings. The van der Waals surface area contributed by atoms with Gasteiger partial charge < -0.3 is 9.42 Å². The van der Waals surface area contributed by atoms with Crippen molar-refractivity contribution in [2.24, 2.45) is 0 Å². The predicted octanol–water partition coefficient (Wildman–Crippen LogP) is 1.56. The summed E-state index contributed by atoms with van der Waals surface area (Å²) in [6.07, 6.45) is 3.05. The van der Waals surface area contributed by atoms with Gasteiger partial charge in [0.1, 0.15) is 11.5 Å². The van der Waals surface area contributed by atoms with Gasteiger partial charge in [0.2, 0.25) is 15.9 Å². The van der Waals surface area contributed by atoms with Gasteiger partial charge in [0, 0.05) is 19.2 Å². The number of aryl methyl sites for hydroxylation is 1. The molecule has 0 radical (unpaired) electrons. The lowest BCUT2D eigenvalue weighted by Crippen LogP contribution is -2.24. The molecule has 0 aliphatic heterocycles. The molecule has 2 rings (SSSR count). The molecule has 128 valence electrons. The highest BCUT2D eigenvalue weighted by Gasteiger charge is 2.11. The molecule has 7 nitrogen and oxygen atoms in total. The summed E-state index contributed by atoms with van der Waals surface area (Å²) in [6, 6.07) is 8.01. The maximum atomic E-state index is 12.1. The second-order valence-corrected chi connectivity index (χ2v) is 7.12. The maximum Gasteiger partial charge on any atom is 0.246 e. The van der Waals surface area contributed by atoms with Crippen molar-refractivity contribution in [3.8, 4) is 0 Å². The number of amides is 1. The number of sulfonamides is 1. The SMILES string of the molecule is CNS(=O)(=O)c1ccc(C=CC(=O)N(C)Cc2cc(C)on2)cc1. The van der Waals surface area contributed by atoms with Crippen molar-refractivity contribution in [2.45, 2.75) is 18.4 Å². The van der Waals surface area contributed by atoms with Crippen molar-refractivity contribution in [1.82, 2.24) is 14.8 Å². The van der Waals surface area contributed by atoms with E-state index < -0.39 is 10.0 Å². The molecule has 0 aliphatic carbocycles. The van der Waals surface area contributed by atoms with Crippen molar-refractivity contribution in [3.63, 3.8) is 0 Å². The van der Waals surface area contributed by atoms with Gasteiger partial charge in [-0.25, -0.2) is 13.1 Å². The topological polar surface area (TPSA) is 92.5 Å². The molecule has 24 heavy (non-hydrogen) atoms. The Bertz CT molecular complexity index is 838. The Balaban J connectivity index is 2.00. The second kappa shape index (κ2) is 7.41. The second-order valence-electron chi connectivity index (χ2n) is 5.23. The summed E-state index contributed by atoms with van der Waals surface area (Å²) < 4.78 is 30.5. The highest BCUT2D eigenvalue weighted by atomic mass is 32.2. The highest BCUT2D eigenvalue weighted by Crippen LogP contribution is 2.11. The van der Waals surface area contributed by atoms with Crippen LogP contribution in [0, 0.1) is 6.92 Å². The average Bonchev–Trinajstić information content (AvgIpc) is 2.97. The quantitative estimate of drug-likeness (QED) is 0.799. The summed E-state index contributed by atoms with van der Waals surface area (Å²) in [7, 11) is -0.436. The van der Waals surface area contributed by atoms with Gasteiger partial charge in [-0.3, -0.25) is 4.79 Å². The summed E-state index contributed by atoms with van der Waals surface area (Å²) in [5.41, 5.74) is 1.41. The van der Waals surface area contributed by atoms with Crippen LogP contribution in [0.4, 0.5) is 0 Å². The van der Waals surface area contributed by atoms with E-state index in [9.17, 15) is 13.2 Å². The zero-order chi connectivity index (χ0) is 17.7. The number of carbonyl (C=O) groups excluding carboxylic acids is 1. The third-order valence-electron chi connectivity index (χ3n) is 3.33. The zero-order valence-corrected chi connectivity index (χ0v) is 14.5. The molecule has 0 bridgehead atoms. The molecule has 0 fully saturated rings. The largest absolute Gasteiger partial charge is 0.361 e. The minimum absolute atomic E-state index is 0.173. The fourth-order valence-corrected chi connectivity index (χ4v) is 2.71. The van der Waals surface area contributed by atoms with Crippen LogP contribution >= 0.6 is 0 Å². The summed E-state index contributed by atoms with van der Waals surface area (Å²) in [6.45, 7) is 2.13. The van der Waals surface area contributed by atoms with Gasteiger partial charge in [0.05, 0.1) is 11.4 Å². The molecule has 8 heteroatoms. The Hall–Kier alpha value is -2.45. The Morgan fingerprint density at radius 2 is 2.00 bits per heavy atom. The summed E-state index contributed by atoms with van der Waals surface area (Å²) >= 11 is 0. The highest BCUT2D eigenvalue weighted by molar-refractivity contribution is 7.89. The van der Waals surface area contributed by atoms with E-state index in [2.05, 4.69) is 9.88 Å². The normalized spacial score (nSPS) is 11.8. The fraction of sp³-hybridized carbons (Fsp3) is 0.250. The number of carbonyl (C=O) groups is 1. The Morgan fingerprint density at radius 3 is 2.54 bits per heavy atom. The molecule has 1 aromatic carbocycles. The molecule has 0 atom stereocenters. The Labute approximate surface area is 141 Å². The van der Waals surface area contributed by atoms with Crippen LogP contribution in [-0.4, -0.2) is 38.5 Å². The number of rotatable bonds is 6. The third-order valence-corrected chi connectivity index (χ3v) is 4.76. The van der Waals surface area contributed by atoms with Gasteiger partial charge >= 0.3 is 0 Å². The third kappa shape index (κ3) is 4.53. The van der Waals surface area contributed by atoms with E-state index >= 15 is 0 Å². The van der Waals surface area contributed by atoms with E-state index in [1.165, 1.54) is 30.2 Å². The number of aromatic nitrogens is 1. The lowest BCUT2D eigenvalue weighted by Gasteiger charge is -2.12. The molecule has 0 aliphatic rings.